The summed E-state index contributed by atoms with van der Waals surface area (Å²) in [7, 11) is 0. The van der Waals surface area contributed by atoms with Gasteiger partial charge < -0.3 is 5.32 Å². The molecule has 1 atom stereocenters. The maximum atomic E-state index is 3.55. The van der Waals surface area contributed by atoms with Crippen LogP contribution in [0.1, 0.15) is 53.4 Å². The molecule has 1 aliphatic rings. The smallest absolute Gasteiger partial charge is 0.00104 e. The van der Waals surface area contributed by atoms with Gasteiger partial charge in [-0.3, -0.25) is 0 Å². The zero-order valence-corrected chi connectivity index (χ0v) is 9.69. The van der Waals surface area contributed by atoms with Crippen LogP contribution >= 0.6 is 0 Å². The van der Waals surface area contributed by atoms with Crippen LogP contribution in [0.3, 0.4) is 0 Å². The second kappa shape index (κ2) is 4.45. The Morgan fingerprint density at radius 1 is 1.38 bits per heavy atom. The molecule has 1 nitrogen and oxygen atoms in total. The molecule has 0 spiro atoms. The summed E-state index contributed by atoms with van der Waals surface area (Å²) in [6.07, 6.45) is 5.69. The molecule has 1 fully saturated rings. The molecule has 0 bridgehead atoms. The zero-order valence-electron chi connectivity index (χ0n) is 9.69. The summed E-state index contributed by atoms with van der Waals surface area (Å²) in [6.45, 7) is 10.5. The largest absolute Gasteiger partial charge is 0.314 e. The minimum absolute atomic E-state index is 0.599. The first kappa shape index (κ1) is 11.0. The van der Waals surface area contributed by atoms with Crippen molar-refractivity contribution in [3.8, 4) is 0 Å². The lowest BCUT2D eigenvalue weighted by atomic mass is 9.72. The molecule has 0 heterocycles. The molecule has 1 aliphatic carbocycles. The number of nitrogens with one attached hydrogen (secondary N) is 1. The van der Waals surface area contributed by atoms with Crippen LogP contribution in [0.4, 0.5) is 0 Å². The lowest BCUT2D eigenvalue weighted by Crippen LogP contribution is -2.33. The van der Waals surface area contributed by atoms with Gasteiger partial charge in [0.25, 0.3) is 0 Å². The minimum atomic E-state index is 0.599. The van der Waals surface area contributed by atoms with Gasteiger partial charge in [-0.05, 0) is 37.1 Å². The fourth-order valence-electron chi connectivity index (χ4n) is 2.43. The van der Waals surface area contributed by atoms with Gasteiger partial charge in [0.1, 0.15) is 0 Å². The van der Waals surface area contributed by atoms with E-state index < -0.39 is 0 Å². The molecule has 1 heteroatoms. The molecule has 1 saturated carbocycles. The van der Waals surface area contributed by atoms with E-state index in [1.165, 1.54) is 32.2 Å². The van der Waals surface area contributed by atoms with E-state index in [1.54, 1.807) is 0 Å². The van der Waals surface area contributed by atoms with Crippen LogP contribution in [-0.4, -0.2) is 12.6 Å². The van der Waals surface area contributed by atoms with E-state index in [0.29, 0.717) is 11.5 Å². The third-order valence-electron chi connectivity index (χ3n) is 3.12. The Bertz CT molecular complexity index is 149. The molecular formula is C12H25N. The van der Waals surface area contributed by atoms with Gasteiger partial charge in [0.15, 0.2) is 0 Å². The highest BCUT2D eigenvalue weighted by Gasteiger charge is 2.27. The maximum absolute atomic E-state index is 3.55. The highest BCUT2D eigenvalue weighted by molar-refractivity contribution is 4.80. The first-order chi connectivity index (χ1) is 5.99. The van der Waals surface area contributed by atoms with Gasteiger partial charge in [0.2, 0.25) is 0 Å². The Morgan fingerprint density at radius 3 is 2.62 bits per heavy atom. The van der Waals surface area contributed by atoms with Crippen LogP contribution in [0.5, 0.6) is 0 Å². The summed E-state index contributed by atoms with van der Waals surface area (Å²) in [5.74, 6) is 0.922. The highest BCUT2D eigenvalue weighted by Crippen LogP contribution is 2.38. The average molecular weight is 183 g/mol. The fraction of sp³-hybridized carbons (Fsp3) is 1.00. The molecule has 0 saturated heterocycles. The van der Waals surface area contributed by atoms with Gasteiger partial charge in [-0.2, -0.15) is 0 Å². The van der Waals surface area contributed by atoms with Crippen LogP contribution in [0.25, 0.3) is 0 Å². The molecule has 1 N–H and O–H groups in total. The second-order valence-corrected chi connectivity index (χ2v) is 5.69. The number of hydrogen-bond acceptors (Lipinski definition) is 1. The summed E-state index contributed by atoms with van der Waals surface area (Å²) >= 11 is 0. The predicted molar refractivity (Wildman–Crippen MR) is 58.9 cm³/mol. The standard InChI is InChI=1S/C12H25N/c1-10(2)13-9-11-6-5-7-12(3,4)8-11/h10-11,13H,5-9H2,1-4H3. The van der Waals surface area contributed by atoms with Gasteiger partial charge in [-0.1, -0.05) is 34.1 Å². The Kier molecular flexibility index (Phi) is 3.78. The molecule has 0 aromatic carbocycles. The molecule has 0 aliphatic heterocycles. The van der Waals surface area contributed by atoms with Gasteiger partial charge in [-0.15, -0.1) is 0 Å². The number of hydrogen-bond donors (Lipinski definition) is 1. The molecule has 0 radical (unpaired) electrons. The summed E-state index contributed by atoms with van der Waals surface area (Å²) < 4.78 is 0. The monoisotopic (exact) mass is 183 g/mol. The fourth-order valence-corrected chi connectivity index (χ4v) is 2.43. The van der Waals surface area contributed by atoms with Crippen molar-refractivity contribution in [1.29, 1.82) is 0 Å². The third kappa shape index (κ3) is 4.12. The Labute approximate surface area is 83.3 Å². The molecular weight excluding hydrogens is 158 g/mol. The van der Waals surface area contributed by atoms with Gasteiger partial charge in [0, 0.05) is 6.04 Å². The quantitative estimate of drug-likeness (QED) is 0.708. The van der Waals surface area contributed by atoms with E-state index in [-0.39, 0.29) is 0 Å². The highest BCUT2D eigenvalue weighted by atomic mass is 14.9. The molecule has 0 amide bonds. The second-order valence-electron chi connectivity index (χ2n) is 5.69. The van der Waals surface area contributed by atoms with Crippen molar-refractivity contribution in [3.05, 3.63) is 0 Å². The first-order valence-corrected chi connectivity index (χ1v) is 5.73. The van der Waals surface area contributed by atoms with Crippen LogP contribution in [0, 0.1) is 11.3 Å². The maximum Gasteiger partial charge on any atom is 0.00104 e. The summed E-state index contributed by atoms with van der Waals surface area (Å²) in [4.78, 5) is 0. The van der Waals surface area contributed by atoms with Crippen molar-refractivity contribution in [2.75, 3.05) is 6.54 Å². The van der Waals surface area contributed by atoms with Crippen molar-refractivity contribution in [2.24, 2.45) is 11.3 Å². The van der Waals surface area contributed by atoms with E-state index in [1.807, 2.05) is 0 Å². The lowest BCUT2D eigenvalue weighted by molar-refractivity contribution is 0.176. The first-order valence-electron chi connectivity index (χ1n) is 5.73. The third-order valence-corrected chi connectivity index (χ3v) is 3.12. The van der Waals surface area contributed by atoms with Crippen molar-refractivity contribution >= 4 is 0 Å². The van der Waals surface area contributed by atoms with Crippen molar-refractivity contribution in [2.45, 2.75) is 59.4 Å². The van der Waals surface area contributed by atoms with E-state index in [2.05, 4.69) is 33.0 Å². The summed E-state index contributed by atoms with van der Waals surface area (Å²) in [6, 6.07) is 0.644. The van der Waals surface area contributed by atoms with Gasteiger partial charge in [0.05, 0.1) is 0 Å². The number of rotatable bonds is 3. The normalized spacial score (nSPS) is 27.9. The van der Waals surface area contributed by atoms with Crippen molar-refractivity contribution in [3.63, 3.8) is 0 Å². The topological polar surface area (TPSA) is 12.0 Å². The Morgan fingerprint density at radius 2 is 2.08 bits per heavy atom. The molecule has 1 unspecified atom stereocenters. The summed E-state index contributed by atoms with van der Waals surface area (Å²) in [5.41, 5.74) is 0.599. The Balaban J connectivity index is 2.26. The molecule has 13 heavy (non-hydrogen) atoms. The van der Waals surface area contributed by atoms with Crippen LogP contribution in [-0.2, 0) is 0 Å². The van der Waals surface area contributed by atoms with Gasteiger partial charge >= 0.3 is 0 Å². The molecule has 1 rings (SSSR count). The van der Waals surface area contributed by atoms with Crippen LogP contribution in [0.2, 0.25) is 0 Å². The SMILES string of the molecule is CC(C)NCC1CCCC(C)(C)C1. The molecule has 0 aromatic rings. The Hall–Kier alpha value is -0.0400. The lowest BCUT2D eigenvalue weighted by Gasteiger charge is -2.35. The van der Waals surface area contributed by atoms with E-state index in [0.717, 1.165) is 5.92 Å². The molecule has 78 valence electrons. The predicted octanol–water partition coefficient (Wildman–Crippen LogP) is 3.20. The average Bonchev–Trinajstić information content (AvgIpc) is 1.99. The molecule has 0 aromatic heterocycles. The van der Waals surface area contributed by atoms with E-state index in [4.69, 9.17) is 0 Å². The van der Waals surface area contributed by atoms with Crippen LogP contribution in [0.15, 0.2) is 0 Å². The zero-order chi connectivity index (χ0) is 9.90. The summed E-state index contributed by atoms with van der Waals surface area (Å²) in [5, 5.41) is 3.55. The van der Waals surface area contributed by atoms with Crippen LogP contribution < -0.4 is 5.32 Å². The minimum Gasteiger partial charge on any atom is -0.314 e. The van der Waals surface area contributed by atoms with E-state index >= 15 is 0 Å². The van der Waals surface area contributed by atoms with Crippen molar-refractivity contribution < 1.29 is 0 Å². The van der Waals surface area contributed by atoms with Crippen molar-refractivity contribution in [1.82, 2.24) is 5.32 Å². The van der Waals surface area contributed by atoms with E-state index in [9.17, 15) is 0 Å². The van der Waals surface area contributed by atoms with Gasteiger partial charge in [-0.25, -0.2) is 0 Å².